The molecular weight excluding hydrogens is 366 g/mol. The summed E-state index contributed by atoms with van der Waals surface area (Å²) in [6.45, 7) is 0.897. The molecule has 112 valence electrons. The van der Waals surface area contributed by atoms with Crippen molar-refractivity contribution in [3.05, 3.63) is 15.9 Å². The van der Waals surface area contributed by atoms with Gasteiger partial charge in [-0.05, 0) is 40.9 Å². The molecule has 6 nitrogen and oxygen atoms in total. The normalized spacial score (nSPS) is 20.1. The number of piperidine rings is 1. The summed E-state index contributed by atoms with van der Waals surface area (Å²) in [4.78, 5) is 13.6. The maximum atomic E-state index is 12.0. The second-order valence-corrected chi connectivity index (χ2v) is 9.08. The summed E-state index contributed by atoms with van der Waals surface area (Å²) < 4.78 is 27.2. The van der Waals surface area contributed by atoms with Crippen LogP contribution in [0.4, 0.5) is 0 Å². The minimum Gasteiger partial charge on any atom is -0.340 e. The minimum absolute atomic E-state index is 0.0161. The van der Waals surface area contributed by atoms with Crippen LogP contribution in [0.1, 0.15) is 12.8 Å². The molecular formula is C11H16BrN3O3S2. The number of halogens is 1. The number of hydrogen-bond acceptors (Lipinski definition) is 5. The highest BCUT2D eigenvalue weighted by Crippen LogP contribution is 2.25. The third kappa shape index (κ3) is 4.01. The Morgan fingerprint density at radius 3 is 2.90 bits per heavy atom. The second kappa shape index (κ2) is 6.52. The molecule has 20 heavy (non-hydrogen) atoms. The van der Waals surface area contributed by atoms with Crippen molar-refractivity contribution in [3.8, 4) is 0 Å². The molecule has 0 radical (unpaired) electrons. The fraction of sp³-hybridized carbons (Fsp3) is 0.545. The Hall–Kier alpha value is -0.480. The summed E-state index contributed by atoms with van der Waals surface area (Å²) in [7, 11) is -3.63. The zero-order valence-corrected chi connectivity index (χ0v) is 13.9. The zero-order valence-electron chi connectivity index (χ0n) is 10.7. The number of nitrogens with two attached hydrogens (primary N) is 1. The summed E-state index contributed by atoms with van der Waals surface area (Å²) in [5, 5.41) is 0. The number of nitrogens with zero attached hydrogens (tertiary/aromatic N) is 1. The van der Waals surface area contributed by atoms with Crippen LogP contribution in [0.25, 0.3) is 0 Å². The lowest BCUT2D eigenvalue weighted by Crippen LogP contribution is -2.48. The standard InChI is InChI=1S/C11H16BrN3O3S2/c12-9-3-4-11(19-9)20(17,18)14-6-10(16)15-5-1-2-8(13)7-15/h3-4,8,14H,1-2,5-7,13H2. The lowest BCUT2D eigenvalue weighted by Gasteiger charge is -2.30. The average Bonchev–Trinajstić information content (AvgIpc) is 2.83. The first-order chi connectivity index (χ1) is 9.38. The quantitative estimate of drug-likeness (QED) is 0.804. The first kappa shape index (κ1) is 15.9. The van der Waals surface area contributed by atoms with Crippen molar-refractivity contribution >= 4 is 43.2 Å². The zero-order chi connectivity index (χ0) is 14.8. The Balaban J connectivity index is 1.92. The molecule has 1 atom stereocenters. The molecule has 0 bridgehead atoms. The lowest BCUT2D eigenvalue weighted by atomic mass is 10.1. The van der Waals surface area contributed by atoms with Crippen LogP contribution in [0.5, 0.6) is 0 Å². The fourth-order valence-corrected chi connectivity index (χ4v) is 5.05. The maximum absolute atomic E-state index is 12.0. The number of likely N-dealkylation sites (tertiary alicyclic amines) is 1. The van der Waals surface area contributed by atoms with Crippen molar-refractivity contribution in [1.82, 2.24) is 9.62 Å². The number of sulfonamides is 1. The smallest absolute Gasteiger partial charge is 0.250 e. The molecule has 0 spiro atoms. The Morgan fingerprint density at radius 2 is 2.30 bits per heavy atom. The van der Waals surface area contributed by atoms with Crippen molar-refractivity contribution < 1.29 is 13.2 Å². The van der Waals surface area contributed by atoms with E-state index in [-0.39, 0.29) is 22.7 Å². The molecule has 0 saturated carbocycles. The minimum atomic E-state index is -3.63. The molecule has 2 heterocycles. The van der Waals surface area contributed by atoms with Gasteiger partial charge in [0.2, 0.25) is 5.91 Å². The van der Waals surface area contributed by atoms with Crippen LogP contribution < -0.4 is 10.5 Å². The van der Waals surface area contributed by atoms with Gasteiger partial charge in [-0.1, -0.05) is 0 Å². The van der Waals surface area contributed by atoms with E-state index in [0.29, 0.717) is 13.1 Å². The Bertz CT molecular complexity index is 587. The highest BCUT2D eigenvalue weighted by atomic mass is 79.9. The first-order valence-electron chi connectivity index (χ1n) is 6.17. The van der Waals surface area contributed by atoms with Gasteiger partial charge in [-0.15, -0.1) is 11.3 Å². The van der Waals surface area contributed by atoms with Crippen molar-refractivity contribution in [3.63, 3.8) is 0 Å². The molecule has 0 aliphatic carbocycles. The fourth-order valence-electron chi connectivity index (χ4n) is 2.02. The highest BCUT2D eigenvalue weighted by Gasteiger charge is 2.23. The molecule has 2 rings (SSSR count). The molecule has 1 aromatic heterocycles. The summed E-state index contributed by atoms with van der Waals surface area (Å²) in [5.74, 6) is -0.237. The van der Waals surface area contributed by atoms with Gasteiger partial charge in [-0.25, -0.2) is 13.1 Å². The number of hydrogen-bond donors (Lipinski definition) is 2. The predicted molar refractivity (Wildman–Crippen MR) is 81.0 cm³/mol. The van der Waals surface area contributed by atoms with E-state index in [4.69, 9.17) is 5.73 Å². The van der Waals surface area contributed by atoms with E-state index in [9.17, 15) is 13.2 Å². The van der Waals surface area contributed by atoms with Crippen molar-refractivity contribution in [1.29, 1.82) is 0 Å². The van der Waals surface area contributed by atoms with Crippen molar-refractivity contribution in [2.75, 3.05) is 19.6 Å². The number of carbonyl (C=O) groups is 1. The van der Waals surface area contributed by atoms with Gasteiger partial charge in [0.1, 0.15) is 4.21 Å². The molecule has 1 amide bonds. The molecule has 1 aliphatic rings. The summed E-state index contributed by atoms with van der Waals surface area (Å²) in [6, 6.07) is 3.14. The first-order valence-corrected chi connectivity index (χ1v) is 9.26. The summed E-state index contributed by atoms with van der Waals surface area (Å²) in [5.41, 5.74) is 5.80. The molecule has 1 aromatic rings. The van der Waals surface area contributed by atoms with Gasteiger partial charge < -0.3 is 10.6 Å². The molecule has 1 fully saturated rings. The molecule has 1 unspecified atom stereocenters. The van der Waals surface area contributed by atoms with Crippen LogP contribution in [-0.4, -0.2) is 44.9 Å². The van der Waals surface area contributed by atoms with Crippen LogP contribution in [-0.2, 0) is 14.8 Å². The average molecular weight is 382 g/mol. The predicted octanol–water partition coefficient (Wildman–Crippen LogP) is 0.739. The summed E-state index contributed by atoms with van der Waals surface area (Å²) in [6.07, 6.45) is 1.76. The van der Waals surface area contributed by atoms with Gasteiger partial charge in [0.05, 0.1) is 10.3 Å². The number of carbonyl (C=O) groups excluding carboxylic acids is 1. The monoisotopic (exact) mass is 381 g/mol. The van der Waals surface area contributed by atoms with E-state index in [1.54, 1.807) is 11.0 Å². The van der Waals surface area contributed by atoms with Crippen molar-refractivity contribution in [2.24, 2.45) is 5.73 Å². The Labute approximate surface area is 130 Å². The maximum Gasteiger partial charge on any atom is 0.250 e. The highest BCUT2D eigenvalue weighted by molar-refractivity contribution is 9.11. The van der Waals surface area contributed by atoms with E-state index < -0.39 is 10.0 Å². The van der Waals surface area contributed by atoms with Gasteiger partial charge in [-0.2, -0.15) is 0 Å². The van der Waals surface area contributed by atoms with Crippen LogP contribution in [0.3, 0.4) is 0 Å². The van der Waals surface area contributed by atoms with Gasteiger partial charge >= 0.3 is 0 Å². The summed E-state index contributed by atoms with van der Waals surface area (Å²) >= 11 is 4.31. The van der Waals surface area contributed by atoms with E-state index in [2.05, 4.69) is 20.7 Å². The molecule has 3 N–H and O–H groups in total. The number of nitrogens with one attached hydrogen (secondary N) is 1. The Morgan fingerprint density at radius 1 is 1.55 bits per heavy atom. The molecule has 1 saturated heterocycles. The van der Waals surface area contributed by atoms with E-state index in [0.717, 1.165) is 28.0 Å². The molecule has 9 heteroatoms. The van der Waals surface area contributed by atoms with Gasteiger partial charge in [0.15, 0.2) is 0 Å². The van der Waals surface area contributed by atoms with Crippen molar-refractivity contribution in [2.45, 2.75) is 23.1 Å². The number of amides is 1. The van der Waals surface area contributed by atoms with E-state index >= 15 is 0 Å². The SMILES string of the molecule is NC1CCCN(C(=O)CNS(=O)(=O)c2ccc(Br)s2)C1. The molecule has 1 aliphatic heterocycles. The number of rotatable bonds is 4. The Kier molecular flexibility index (Phi) is 5.19. The third-order valence-electron chi connectivity index (χ3n) is 3.04. The topological polar surface area (TPSA) is 92.5 Å². The van der Waals surface area contributed by atoms with Gasteiger partial charge in [0.25, 0.3) is 10.0 Å². The second-order valence-electron chi connectivity index (χ2n) is 4.63. The lowest BCUT2D eigenvalue weighted by molar-refractivity contribution is -0.131. The van der Waals surface area contributed by atoms with Crippen LogP contribution in [0.2, 0.25) is 0 Å². The van der Waals surface area contributed by atoms with Crippen LogP contribution >= 0.6 is 27.3 Å². The van der Waals surface area contributed by atoms with Crippen LogP contribution in [0.15, 0.2) is 20.1 Å². The molecule has 0 aromatic carbocycles. The van der Waals surface area contributed by atoms with E-state index in [1.165, 1.54) is 6.07 Å². The number of thiophene rings is 1. The van der Waals surface area contributed by atoms with E-state index in [1.807, 2.05) is 0 Å². The van der Waals surface area contributed by atoms with Gasteiger partial charge in [0, 0.05) is 19.1 Å². The van der Waals surface area contributed by atoms with Gasteiger partial charge in [-0.3, -0.25) is 4.79 Å². The van der Waals surface area contributed by atoms with Crippen LogP contribution in [0, 0.1) is 0 Å². The third-order valence-corrected chi connectivity index (χ3v) is 6.55. The largest absolute Gasteiger partial charge is 0.340 e.